The molecule has 0 aliphatic rings. The van der Waals surface area contributed by atoms with Crippen LogP contribution in [0.25, 0.3) is 5.65 Å². The van der Waals surface area contributed by atoms with Gasteiger partial charge >= 0.3 is 0 Å². The first kappa shape index (κ1) is 14.6. The van der Waals surface area contributed by atoms with Gasteiger partial charge in [-0.1, -0.05) is 30.3 Å². The van der Waals surface area contributed by atoms with E-state index in [9.17, 15) is 8.42 Å². The molecule has 0 radical (unpaired) electrons. The maximum atomic E-state index is 12.1. The van der Waals surface area contributed by atoms with E-state index in [1.807, 2.05) is 30.3 Å². The smallest absolute Gasteiger partial charge is 0.232 e. The molecule has 0 bridgehead atoms. The van der Waals surface area contributed by atoms with Gasteiger partial charge in [0, 0.05) is 18.6 Å². The lowest BCUT2D eigenvalue weighted by molar-refractivity contribution is 0.598. The number of nitrogens with one attached hydrogen (secondary N) is 1. The molecule has 0 atom stereocenters. The Bertz CT molecular complexity index is 857. The van der Waals surface area contributed by atoms with E-state index >= 15 is 0 Å². The van der Waals surface area contributed by atoms with Gasteiger partial charge in [0.1, 0.15) is 5.65 Å². The third-order valence-electron chi connectivity index (χ3n) is 3.38. The quantitative estimate of drug-likeness (QED) is 0.760. The number of rotatable bonds is 6. The summed E-state index contributed by atoms with van der Waals surface area (Å²) in [6.45, 7) is 0. The number of hydrogen-bond acceptors (Lipinski definition) is 3. The van der Waals surface area contributed by atoms with Gasteiger partial charge in [-0.05, 0) is 30.5 Å². The average Bonchev–Trinajstić information content (AvgIpc) is 2.95. The molecule has 1 N–H and O–H groups in total. The molecule has 3 aromatic rings. The molecule has 0 fully saturated rings. The van der Waals surface area contributed by atoms with E-state index in [0.29, 0.717) is 12.1 Å². The molecule has 114 valence electrons. The van der Waals surface area contributed by atoms with Gasteiger partial charge in [0.25, 0.3) is 0 Å². The molecule has 0 aliphatic heterocycles. The number of hydrogen-bond donors (Lipinski definition) is 1. The first-order valence-electron chi connectivity index (χ1n) is 7.09. The van der Waals surface area contributed by atoms with Gasteiger partial charge in [-0.25, -0.2) is 13.4 Å². The van der Waals surface area contributed by atoms with Crippen molar-refractivity contribution in [3.05, 3.63) is 66.6 Å². The third kappa shape index (κ3) is 3.65. The largest absolute Gasteiger partial charge is 0.305 e. The molecule has 0 saturated carbocycles. The fourth-order valence-electron chi connectivity index (χ4n) is 2.32. The SMILES string of the molecule is O=S(=O)(CCCc1ccccc1)Nc1ccc2nccn2c1. The number of anilines is 1. The Balaban J connectivity index is 1.60. The molecule has 6 heteroatoms. The van der Waals surface area contributed by atoms with Crippen molar-refractivity contribution in [3.8, 4) is 0 Å². The van der Waals surface area contributed by atoms with Crippen molar-refractivity contribution >= 4 is 21.4 Å². The van der Waals surface area contributed by atoms with Crippen LogP contribution in [0.3, 0.4) is 0 Å². The molecule has 3 rings (SSSR count). The Morgan fingerprint density at radius 1 is 1.09 bits per heavy atom. The van der Waals surface area contributed by atoms with Gasteiger partial charge in [0.2, 0.25) is 10.0 Å². The standard InChI is InChI=1S/C16H17N3O2S/c20-22(21,12-4-7-14-5-2-1-3-6-14)18-15-8-9-16-17-10-11-19(16)13-15/h1-3,5-6,8-11,13,18H,4,7,12H2. The van der Waals surface area contributed by atoms with Crippen LogP contribution in [0.5, 0.6) is 0 Å². The highest BCUT2D eigenvalue weighted by Crippen LogP contribution is 2.12. The molecule has 22 heavy (non-hydrogen) atoms. The highest BCUT2D eigenvalue weighted by Gasteiger charge is 2.10. The van der Waals surface area contributed by atoms with Crippen LogP contribution in [0.2, 0.25) is 0 Å². The van der Waals surface area contributed by atoms with Gasteiger partial charge in [0.05, 0.1) is 11.4 Å². The summed E-state index contributed by atoms with van der Waals surface area (Å²) in [5.41, 5.74) is 2.48. The first-order chi connectivity index (χ1) is 10.6. The maximum Gasteiger partial charge on any atom is 0.232 e. The van der Waals surface area contributed by atoms with Crippen LogP contribution in [0.4, 0.5) is 5.69 Å². The van der Waals surface area contributed by atoms with Crippen LogP contribution in [0, 0.1) is 0 Å². The van der Waals surface area contributed by atoms with Crippen LogP contribution >= 0.6 is 0 Å². The molecule has 0 amide bonds. The Morgan fingerprint density at radius 3 is 2.73 bits per heavy atom. The van der Waals surface area contributed by atoms with E-state index in [1.165, 1.54) is 0 Å². The van der Waals surface area contributed by atoms with Crippen molar-refractivity contribution in [3.63, 3.8) is 0 Å². The number of sulfonamides is 1. The molecule has 0 spiro atoms. The van der Waals surface area contributed by atoms with Crippen LogP contribution < -0.4 is 4.72 Å². The summed E-state index contributed by atoms with van der Waals surface area (Å²) in [5.74, 6) is 0.101. The van der Waals surface area contributed by atoms with Gasteiger partial charge in [-0.2, -0.15) is 0 Å². The summed E-state index contributed by atoms with van der Waals surface area (Å²) in [4.78, 5) is 4.13. The van der Waals surface area contributed by atoms with Crippen molar-refractivity contribution in [2.45, 2.75) is 12.8 Å². The summed E-state index contributed by atoms with van der Waals surface area (Å²) in [6.07, 6.45) is 6.52. The monoisotopic (exact) mass is 315 g/mol. The zero-order valence-corrected chi connectivity index (χ0v) is 12.8. The molecular weight excluding hydrogens is 298 g/mol. The second-order valence-electron chi connectivity index (χ2n) is 5.12. The minimum Gasteiger partial charge on any atom is -0.305 e. The lowest BCUT2D eigenvalue weighted by Crippen LogP contribution is -2.17. The fourth-order valence-corrected chi connectivity index (χ4v) is 3.43. The maximum absolute atomic E-state index is 12.1. The van der Waals surface area contributed by atoms with Crippen LogP contribution in [-0.4, -0.2) is 23.6 Å². The molecule has 5 nitrogen and oxygen atoms in total. The van der Waals surface area contributed by atoms with Gasteiger partial charge in [-0.3, -0.25) is 4.72 Å². The topological polar surface area (TPSA) is 63.5 Å². The van der Waals surface area contributed by atoms with E-state index in [1.54, 1.807) is 35.1 Å². The lowest BCUT2D eigenvalue weighted by atomic mass is 10.1. The van der Waals surface area contributed by atoms with Crippen LogP contribution in [-0.2, 0) is 16.4 Å². The molecule has 2 heterocycles. The Morgan fingerprint density at radius 2 is 1.91 bits per heavy atom. The Hall–Kier alpha value is -2.34. The molecular formula is C16H17N3O2S. The zero-order chi connectivity index (χ0) is 15.4. The summed E-state index contributed by atoms with van der Waals surface area (Å²) in [6, 6.07) is 13.4. The minimum atomic E-state index is -3.34. The molecule has 0 aliphatic carbocycles. The summed E-state index contributed by atoms with van der Waals surface area (Å²) < 4.78 is 28.6. The number of fused-ring (bicyclic) bond motifs is 1. The number of aromatic nitrogens is 2. The summed E-state index contributed by atoms with van der Waals surface area (Å²) >= 11 is 0. The first-order valence-corrected chi connectivity index (χ1v) is 8.75. The van der Waals surface area contributed by atoms with Gasteiger partial charge in [0.15, 0.2) is 0 Å². The van der Waals surface area contributed by atoms with E-state index in [4.69, 9.17) is 0 Å². The predicted molar refractivity (Wildman–Crippen MR) is 87.4 cm³/mol. The van der Waals surface area contributed by atoms with Crippen molar-refractivity contribution < 1.29 is 8.42 Å². The van der Waals surface area contributed by atoms with Crippen molar-refractivity contribution in [2.75, 3.05) is 10.5 Å². The van der Waals surface area contributed by atoms with Crippen LogP contribution in [0.15, 0.2) is 61.1 Å². The number of nitrogens with zero attached hydrogens (tertiary/aromatic N) is 2. The van der Waals surface area contributed by atoms with Crippen molar-refractivity contribution in [2.24, 2.45) is 0 Å². The highest BCUT2D eigenvalue weighted by atomic mass is 32.2. The van der Waals surface area contributed by atoms with Crippen LogP contribution in [0.1, 0.15) is 12.0 Å². The number of aryl methyl sites for hydroxylation is 1. The number of imidazole rings is 1. The second-order valence-corrected chi connectivity index (χ2v) is 6.96. The summed E-state index contributed by atoms with van der Waals surface area (Å²) in [7, 11) is -3.34. The second kappa shape index (κ2) is 6.19. The zero-order valence-electron chi connectivity index (χ0n) is 12.0. The molecule has 0 saturated heterocycles. The molecule has 2 aromatic heterocycles. The lowest BCUT2D eigenvalue weighted by Gasteiger charge is -2.08. The fraction of sp³-hybridized carbons (Fsp3) is 0.188. The third-order valence-corrected chi connectivity index (χ3v) is 4.76. The molecule has 0 unspecified atom stereocenters. The summed E-state index contributed by atoms with van der Waals surface area (Å²) in [5, 5.41) is 0. The minimum absolute atomic E-state index is 0.101. The van der Waals surface area contributed by atoms with E-state index in [-0.39, 0.29) is 5.75 Å². The predicted octanol–water partition coefficient (Wildman–Crippen LogP) is 2.71. The van der Waals surface area contributed by atoms with E-state index in [2.05, 4.69) is 9.71 Å². The number of benzene rings is 1. The van der Waals surface area contributed by atoms with E-state index in [0.717, 1.165) is 17.6 Å². The normalized spacial score (nSPS) is 11.6. The van der Waals surface area contributed by atoms with E-state index < -0.39 is 10.0 Å². The van der Waals surface area contributed by atoms with Gasteiger partial charge < -0.3 is 4.40 Å². The Kier molecular flexibility index (Phi) is 4.11. The number of pyridine rings is 1. The van der Waals surface area contributed by atoms with Crippen molar-refractivity contribution in [1.82, 2.24) is 9.38 Å². The highest BCUT2D eigenvalue weighted by molar-refractivity contribution is 7.92. The molecule has 1 aromatic carbocycles. The average molecular weight is 315 g/mol. The Labute approximate surface area is 129 Å². The van der Waals surface area contributed by atoms with Gasteiger partial charge in [-0.15, -0.1) is 0 Å². The van der Waals surface area contributed by atoms with Crippen molar-refractivity contribution in [1.29, 1.82) is 0 Å².